The van der Waals surface area contributed by atoms with E-state index >= 15 is 0 Å². The van der Waals surface area contributed by atoms with Gasteiger partial charge in [-0.05, 0) is 109 Å². The zero-order chi connectivity index (χ0) is 65.0. The van der Waals surface area contributed by atoms with Crippen molar-refractivity contribution in [3.05, 3.63) is 142 Å². The molecule has 0 radical (unpaired) electrons. The van der Waals surface area contributed by atoms with Crippen LogP contribution in [0.15, 0.2) is 97.1 Å². The molecule has 0 aliphatic heterocycles. The van der Waals surface area contributed by atoms with Crippen molar-refractivity contribution in [2.75, 3.05) is 39.6 Å². The van der Waals surface area contributed by atoms with E-state index in [1.165, 1.54) is 193 Å². The molecule has 0 unspecified atom stereocenters. The minimum atomic E-state index is 0.674. The molecule has 5 rings (SSSR count). The van der Waals surface area contributed by atoms with Crippen molar-refractivity contribution < 1.29 is 28.4 Å². The van der Waals surface area contributed by atoms with Gasteiger partial charge in [-0.25, -0.2) is 0 Å². The van der Waals surface area contributed by atoms with Gasteiger partial charge in [0.2, 0.25) is 0 Å². The Balaban J connectivity index is 1.36. The lowest BCUT2D eigenvalue weighted by molar-refractivity contribution is 0.295. The lowest BCUT2D eigenvalue weighted by Crippen LogP contribution is -2.03. The van der Waals surface area contributed by atoms with E-state index in [9.17, 15) is 0 Å². The van der Waals surface area contributed by atoms with E-state index in [4.69, 9.17) is 28.4 Å². The van der Waals surface area contributed by atoms with E-state index in [1.54, 1.807) is 0 Å². The Labute approximate surface area is 562 Å². The fourth-order valence-electron chi connectivity index (χ4n) is 11.4. The van der Waals surface area contributed by atoms with Crippen LogP contribution in [0.3, 0.4) is 0 Å². The summed E-state index contributed by atoms with van der Waals surface area (Å²) in [7, 11) is 0. The standard InChI is InChI=1S/C86H126O6/c1-7-13-19-25-31-37-63-87-81-59-61-83(89-65-39-33-27-21-15-9-3)77(69-81)55-51-73-43-47-75(48-44-73)53-57-79-71-86(92-68-42-36-30-24-18-12-6)80(72-85(79)91-67-41-35-29-23-17-11-5)58-54-76-49-45-74(46-50-76)52-56-78-70-82(88-64-38-32-26-20-14-8-2)60-62-84(78)90-66-40-34-28-22-16-10-4/h43-62,69-72H,7-42,63-68H2,1-6H3/b55-51+,56-52+,57-53+,58-54+. The summed E-state index contributed by atoms with van der Waals surface area (Å²) in [6.45, 7) is 17.9. The quantitative estimate of drug-likeness (QED) is 0.0286. The molecule has 0 aliphatic carbocycles. The average Bonchev–Trinajstić information content (AvgIpc) is 0.963. The van der Waals surface area contributed by atoms with Crippen LogP contribution in [-0.2, 0) is 0 Å². The smallest absolute Gasteiger partial charge is 0.127 e. The van der Waals surface area contributed by atoms with Crippen molar-refractivity contribution in [1.29, 1.82) is 0 Å². The highest BCUT2D eigenvalue weighted by molar-refractivity contribution is 5.80. The number of hydrogen-bond donors (Lipinski definition) is 0. The largest absolute Gasteiger partial charge is 0.494 e. The molecular weight excluding hydrogens is 1130 g/mol. The van der Waals surface area contributed by atoms with Crippen LogP contribution < -0.4 is 28.4 Å². The Morgan fingerprint density at radius 1 is 0.196 bits per heavy atom. The van der Waals surface area contributed by atoms with Crippen molar-refractivity contribution in [2.45, 2.75) is 273 Å². The molecule has 6 nitrogen and oxygen atoms in total. The predicted octanol–water partition coefficient (Wildman–Crippen LogP) is 26.8. The molecule has 0 atom stereocenters. The lowest BCUT2D eigenvalue weighted by atomic mass is 10.0. The summed E-state index contributed by atoms with van der Waals surface area (Å²) < 4.78 is 39.0. The van der Waals surface area contributed by atoms with Crippen LogP contribution in [0.5, 0.6) is 34.5 Å². The zero-order valence-electron chi connectivity index (χ0n) is 59.0. The molecule has 0 aromatic heterocycles. The molecule has 0 saturated carbocycles. The lowest BCUT2D eigenvalue weighted by Gasteiger charge is -2.16. The van der Waals surface area contributed by atoms with Gasteiger partial charge in [0.05, 0.1) is 39.6 Å². The summed E-state index contributed by atoms with van der Waals surface area (Å²) >= 11 is 0. The van der Waals surface area contributed by atoms with Crippen LogP contribution in [0.4, 0.5) is 0 Å². The minimum absolute atomic E-state index is 0.674. The van der Waals surface area contributed by atoms with Crippen LogP contribution in [0.2, 0.25) is 0 Å². The summed E-state index contributed by atoms with van der Waals surface area (Å²) in [5.41, 5.74) is 8.61. The molecule has 92 heavy (non-hydrogen) atoms. The van der Waals surface area contributed by atoms with Crippen molar-refractivity contribution in [2.24, 2.45) is 0 Å². The number of ether oxygens (including phenoxy) is 6. The van der Waals surface area contributed by atoms with Crippen molar-refractivity contribution in [1.82, 2.24) is 0 Å². The maximum Gasteiger partial charge on any atom is 0.127 e. The Hall–Kier alpha value is -6.14. The maximum atomic E-state index is 6.75. The third kappa shape index (κ3) is 34.1. The fourth-order valence-corrected chi connectivity index (χ4v) is 11.4. The molecule has 5 aromatic rings. The van der Waals surface area contributed by atoms with Crippen LogP contribution in [-0.4, -0.2) is 39.6 Å². The predicted molar refractivity (Wildman–Crippen MR) is 401 cm³/mol. The molecule has 0 heterocycles. The van der Waals surface area contributed by atoms with E-state index < -0.39 is 0 Å². The van der Waals surface area contributed by atoms with E-state index in [-0.39, 0.29) is 0 Å². The SMILES string of the molecule is CCCCCCCCOc1ccc(OCCCCCCCC)c(/C=C/c2ccc(/C=C/c3cc(OCCCCCCCC)c(/C=C/c4ccc(/C=C/c5cc(OCCCCCCCC)ccc5OCCCCCCCC)cc4)cc3OCCCCCCCC)cc2)c1. The monoisotopic (exact) mass is 1250 g/mol. The van der Waals surface area contributed by atoms with Gasteiger partial charge in [-0.15, -0.1) is 0 Å². The highest BCUT2D eigenvalue weighted by Gasteiger charge is 2.13. The summed E-state index contributed by atoms with van der Waals surface area (Å²) in [5, 5.41) is 0. The third-order valence-electron chi connectivity index (χ3n) is 17.4. The molecular formula is C86H126O6. The van der Waals surface area contributed by atoms with Crippen LogP contribution in [0.25, 0.3) is 48.6 Å². The van der Waals surface area contributed by atoms with E-state index in [0.29, 0.717) is 13.2 Å². The molecule has 0 N–H and O–H groups in total. The van der Waals surface area contributed by atoms with Gasteiger partial charge in [0.15, 0.2) is 0 Å². The Morgan fingerprint density at radius 2 is 0.402 bits per heavy atom. The fraction of sp³-hybridized carbons (Fsp3) is 0.558. The van der Waals surface area contributed by atoms with Gasteiger partial charge in [-0.2, -0.15) is 0 Å². The first-order chi connectivity index (χ1) is 45.5. The zero-order valence-corrected chi connectivity index (χ0v) is 59.0. The second-order valence-corrected chi connectivity index (χ2v) is 25.7. The van der Waals surface area contributed by atoms with Gasteiger partial charge in [-0.3, -0.25) is 0 Å². The maximum absolute atomic E-state index is 6.75. The molecule has 0 saturated heterocycles. The molecule has 0 bridgehead atoms. The van der Waals surface area contributed by atoms with Crippen LogP contribution in [0, 0.1) is 0 Å². The normalized spacial score (nSPS) is 11.7. The van der Waals surface area contributed by atoms with Gasteiger partial charge in [-0.1, -0.05) is 331 Å². The van der Waals surface area contributed by atoms with E-state index in [1.807, 2.05) is 0 Å². The van der Waals surface area contributed by atoms with Crippen molar-refractivity contribution in [3.8, 4) is 34.5 Å². The molecule has 5 aromatic carbocycles. The minimum Gasteiger partial charge on any atom is -0.494 e. The summed E-state index contributed by atoms with van der Waals surface area (Å²) in [6, 6.07) is 34.6. The highest BCUT2D eigenvalue weighted by Crippen LogP contribution is 2.34. The van der Waals surface area contributed by atoms with Gasteiger partial charge >= 0.3 is 0 Å². The molecule has 506 valence electrons. The topological polar surface area (TPSA) is 55.4 Å². The van der Waals surface area contributed by atoms with Gasteiger partial charge < -0.3 is 28.4 Å². The molecule has 6 heteroatoms. The third-order valence-corrected chi connectivity index (χ3v) is 17.4. The van der Waals surface area contributed by atoms with Crippen LogP contribution >= 0.6 is 0 Å². The first-order valence-electron chi connectivity index (χ1n) is 37.6. The number of unbranched alkanes of at least 4 members (excludes halogenated alkanes) is 30. The van der Waals surface area contributed by atoms with Crippen molar-refractivity contribution in [3.63, 3.8) is 0 Å². The van der Waals surface area contributed by atoms with Gasteiger partial charge in [0.25, 0.3) is 0 Å². The Morgan fingerprint density at radius 3 is 0.652 bits per heavy atom. The van der Waals surface area contributed by atoms with Gasteiger partial charge in [0.1, 0.15) is 34.5 Å². The highest BCUT2D eigenvalue weighted by atomic mass is 16.5. The van der Waals surface area contributed by atoms with E-state index in [0.717, 1.165) is 144 Å². The number of hydrogen-bond acceptors (Lipinski definition) is 6. The second kappa shape index (κ2) is 51.3. The average molecular weight is 1260 g/mol. The van der Waals surface area contributed by atoms with E-state index in [2.05, 4.69) is 187 Å². The Bertz CT molecular complexity index is 2560. The summed E-state index contributed by atoms with van der Waals surface area (Å²) in [4.78, 5) is 0. The first-order valence-corrected chi connectivity index (χ1v) is 37.6. The van der Waals surface area contributed by atoms with Crippen LogP contribution in [0.1, 0.15) is 317 Å². The van der Waals surface area contributed by atoms with Gasteiger partial charge in [0, 0.05) is 22.3 Å². The first kappa shape index (κ1) is 76.6. The molecule has 0 aliphatic rings. The number of rotatable bonds is 56. The second-order valence-electron chi connectivity index (χ2n) is 25.7. The summed E-state index contributed by atoms with van der Waals surface area (Å²) in [6.07, 6.45) is 61.9. The number of benzene rings is 5. The Kier molecular flexibility index (Phi) is 42.7. The summed E-state index contributed by atoms with van der Waals surface area (Å²) in [5.74, 6) is 5.37. The molecule has 0 spiro atoms. The van der Waals surface area contributed by atoms with Crippen molar-refractivity contribution >= 4 is 48.6 Å². The molecule has 0 amide bonds. The molecule has 0 fully saturated rings.